The lowest BCUT2D eigenvalue weighted by Gasteiger charge is -2.13. The Labute approximate surface area is 195 Å². The second-order valence-corrected chi connectivity index (χ2v) is 10.2. The zero-order valence-corrected chi connectivity index (χ0v) is 19.3. The Morgan fingerprint density at radius 2 is 1.59 bits per heavy atom. The lowest BCUT2D eigenvalue weighted by atomic mass is 10.1. The van der Waals surface area contributed by atoms with Crippen molar-refractivity contribution >= 4 is 44.3 Å². The molecular formula is C23H20ClN3O3S2. The van der Waals surface area contributed by atoms with Crippen LogP contribution in [0.1, 0.15) is 11.1 Å². The van der Waals surface area contributed by atoms with Crippen LogP contribution in [0.3, 0.4) is 0 Å². The minimum atomic E-state index is -3.74. The largest absolute Gasteiger partial charge is 0.287 e. The number of fused-ring (bicyclic) bond motifs is 1. The van der Waals surface area contributed by atoms with Gasteiger partial charge < -0.3 is 0 Å². The van der Waals surface area contributed by atoms with Gasteiger partial charge in [0.05, 0.1) is 15.8 Å². The zero-order valence-electron chi connectivity index (χ0n) is 16.9. The first-order valence-electron chi connectivity index (χ1n) is 9.80. The van der Waals surface area contributed by atoms with E-state index >= 15 is 0 Å². The van der Waals surface area contributed by atoms with Crippen molar-refractivity contribution in [1.29, 1.82) is 0 Å². The van der Waals surface area contributed by atoms with E-state index in [1.54, 1.807) is 22.8 Å². The number of benzene rings is 3. The number of para-hydroxylation sites is 1. The summed E-state index contributed by atoms with van der Waals surface area (Å²) in [6, 6.07) is 21.2. The number of halogens is 1. The van der Waals surface area contributed by atoms with Crippen molar-refractivity contribution < 1.29 is 8.42 Å². The normalized spacial score (nSPS) is 11.7. The molecule has 0 atom stereocenters. The highest BCUT2D eigenvalue weighted by atomic mass is 35.5. The van der Waals surface area contributed by atoms with E-state index < -0.39 is 10.0 Å². The molecule has 164 valence electrons. The van der Waals surface area contributed by atoms with Crippen molar-refractivity contribution in [2.24, 2.45) is 5.14 Å². The molecule has 1 heterocycles. The molecule has 3 aromatic carbocycles. The van der Waals surface area contributed by atoms with Gasteiger partial charge in [0.25, 0.3) is 5.56 Å². The summed E-state index contributed by atoms with van der Waals surface area (Å²) in [6.07, 6.45) is 0.541. The van der Waals surface area contributed by atoms with Crippen LogP contribution in [0, 0.1) is 0 Å². The van der Waals surface area contributed by atoms with E-state index in [1.807, 2.05) is 42.5 Å². The Morgan fingerprint density at radius 1 is 0.938 bits per heavy atom. The molecule has 0 amide bonds. The number of hydrogen-bond donors (Lipinski definition) is 1. The van der Waals surface area contributed by atoms with E-state index in [1.165, 1.54) is 23.9 Å². The van der Waals surface area contributed by atoms with Crippen molar-refractivity contribution in [1.82, 2.24) is 9.55 Å². The number of aryl methyl sites for hydroxylation is 1. The number of primary sulfonamides is 1. The maximum atomic E-state index is 13.2. The summed E-state index contributed by atoms with van der Waals surface area (Å²) in [7, 11) is -3.74. The van der Waals surface area contributed by atoms with Crippen LogP contribution in [0.2, 0.25) is 5.02 Å². The van der Waals surface area contributed by atoms with Gasteiger partial charge in [0.1, 0.15) is 0 Å². The van der Waals surface area contributed by atoms with Crippen LogP contribution in [0.15, 0.2) is 87.6 Å². The van der Waals surface area contributed by atoms with E-state index in [4.69, 9.17) is 21.7 Å². The van der Waals surface area contributed by atoms with Crippen molar-refractivity contribution in [3.05, 3.63) is 99.3 Å². The van der Waals surface area contributed by atoms with Crippen LogP contribution in [0.5, 0.6) is 0 Å². The molecule has 4 aromatic rings. The standard InChI is InChI=1S/C23H20ClN3O3S2/c24-18-9-5-17(6-10-18)15-31-23-26-21-4-2-1-3-20(21)22(28)27(23)14-13-16-7-11-19(12-8-16)32(25,29)30/h1-12H,13-15H2,(H2,25,29,30). The molecule has 1 aromatic heterocycles. The van der Waals surface area contributed by atoms with Crippen molar-refractivity contribution in [2.45, 2.75) is 28.8 Å². The van der Waals surface area contributed by atoms with Gasteiger partial charge >= 0.3 is 0 Å². The van der Waals surface area contributed by atoms with Gasteiger partial charge in [-0.1, -0.05) is 59.8 Å². The molecule has 0 aliphatic rings. The molecule has 0 saturated heterocycles. The number of aromatic nitrogens is 2. The van der Waals surface area contributed by atoms with Crippen LogP contribution in [0.4, 0.5) is 0 Å². The average molecular weight is 486 g/mol. The number of sulfonamides is 1. The molecule has 2 N–H and O–H groups in total. The van der Waals surface area contributed by atoms with Gasteiger partial charge in [0.15, 0.2) is 5.16 Å². The van der Waals surface area contributed by atoms with Crippen LogP contribution >= 0.6 is 23.4 Å². The minimum Gasteiger partial charge on any atom is -0.287 e. The van der Waals surface area contributed by atoms with Crippen LogP contribution in [0.25, 0.3) is 10.9 Å². The Kier molecular flexibility index (Phi) is 6.66. The fourth-order valence-electron chi connectivity index (χ4n) is 3.27. The quantitative estimate of drug-likeness (QED) is 0.312. The van der Waals surface area contributed by atoms with Crippen molar-refractivity contribution in [2.75, 3.05) is 0 Å². The third-order valence-corrected chi connectivity index (χ3v) is 7.21. The summed E-state index contributed by atoms with van der Waals surface area (Å²) in [5.74, 6) is 0.644. The van der Waals surface area contributed by atoms with Gasteiger partial charge in [-0.2, -0.15) is 0 Å². The maximum absolute atomic E-state index is 13.2. The van der Waals surface area contributed by atoms with E-state index in [0.717, 1.165) is 11.1 Å². The SMILES string of the molecule is NS(=O)(=O)c1ccc(CCn2c(SCc3ccc(Cl)cc3)nc3ccccc3c2=O)cc1. The van der Waals surface area contributed by atoms with E-state index in [9.17, 15) is 13.2 Å². The summed E-state index contributed by atoms with van der Waals surface area (Å²) in [4.78, 5) is 18.0. The summed E-state index contributed by atoms with van der Waals surface area (Å²) in [5.41, 5.74) is 2.53. The van der Waals surface area contributed by atoms with Gasteiger partial charge in [-0.05, 0) is 53.9 Å². The molecular weight excluding hydrogens is 466 g/mol. The smallest absolute Gasteiger partial charge is 0.262 e. The topological polar surface area (TPSA) is 95.1 Å². The molecule has 0 aliphatic carbocycles. The molecule has 9 heteroatoms. The van der Waals surface area contributed by atoms with Gasteiger partial charge in [-0.3, -0.25) is 9.36 Å². The summed E-state index contributed by atoms with van der Waals surface area (Å²) >= 11 is 7.46. The summed E-state index contributed by atoms with van der Waals surface area (Å²) < 4.78 is 24.6. The van der Waals surface area contributed by atoms with E-state index in [2.05, 4.69) is 0 Å². The van der Waals surface area contributed by atoms with Crippen molar-refractivity contribution in [3.63, 3.8) is 0 Å². The second-order valence-electron chi connectivity index (χ2n) is 7.22. The molecule has 4 rings (SSSR count). The molecule has 0 spiro atoms. The molecule has 0 aliphatic heterocycles. The minimum absolute atomic E-state index is 0.0602. The monoisotopic (exact) mass is 485 g/mol. The molecule has 0 radical (unpaired) electrons. The van der Waals surface area contributed by atoms with Crippen LogP contribution in [-0.2, 0) is 28.7 Å². The molecule has 0 saturated carbocycles. The number of hydrogen-bond acceptors (Lipinski definition) is 5. The van der Waals surface area contributed by atoms with Gasteiger partial charge in [-0.15, -0.1) is 0 Å². The fourth-order valence-corrected chi connectivity index (χ4v) is 4.89. The van der Waals surface area contributed by atoms with Gasteiger partial charge in [0.2, 0.25) is 10.0 Å². The van der Waals surface area contributed by atoms with E-state index in [-0.39, 0.29) is 10.5 Å². The highest BCUT2D eigenvalue weighted by Gasteiger charge is 2.13. The first-order chi connectivity index (χ1) is 15.3. The van der Waals surface area contributed by atoms with Crippen molar-refractivity contribution in [3.8, 4) is 0 Å². The number of nitrogens with zero attached hydrogens (tertiary/aromatic N) is 2. The van der Waals surface area contributed by atoms with Gasteiger partial charge in [0, 0.05) is 17.3 Å². The number of nitrogens with two attached hydrogens (primary N) is 1. The molecule has 32 heavy (non-hydrogen) atoms. The number of rotatable bonds is 7. The maximum Gasteiger partial charge on any atom is 0.262 e. The van der Waals surface area contributed by atoms with Gasteiger partial charge in [-0.25, -0.2) is 18.5 Å². The number of thioether (sulfide) groups is 1. The predicted molar refractivity (Wildman–Crippen MR) is 129 cm³/mol. The summed E-state index contributed by atoms with van der Waals surface area (Å²) in [6.45, 7) is 0.411. The van der Waals surface area contributed by atoms with Crippen LogP contribution in [-0.4, -0.2) is 18.0 Å². The highest BCUT2D eigenvalue weighted by molar-refractivity contribution is 7.98. The van der Waals surface area contributed by atoms with E-state index in [0.29, 0.717) is 39.8 Å². The lowest BCUT2D eigenvalue weighted by molar-refractivity contribution is 0.594. The molecule has 0 unspecified atom stereocenters. The summed E-state index contributed by atoms with van der Waals surface area (Å²) in [5, 5.41) is 7.03. The third kappa shape index (κ3) is 5.21. The first kappa shape index (κ1) is 22.5. The third-order valence-electron chi connectivity index (χ3n) is 4.98. The first-order valence-corrected chi connectivity index (χ1v) is 12.7. The average Bonchev–Trinajstić information content (AvgIpc) is 2.78. The highest BCUT2D eigenvalue weighted by Crippen LogP contribution is 2.23. The Bertz CT molecular complexity index is 1420. The molecule has 6 nitrogen and oxygen atoms in total. The van der Waals surface area contributed by atoms with Crippen LogP contribution < -0.4 is 10.7 Å². The Balaban J connectivity index is 1.62. The molecule has 0 bridgehead atoms. The fraction of sp³-hybridized carbons (Fsp3) is 0.130. The molecule has 0 fully saturated rings. The zero-order chi connectivity index (χ0) is 22.7. The predicted octanol–water partition coefficient (Wildman–Crippen LogP) is 4.23. The Morgan fingerprint density at radius 3 is 2.28 bits per heavy atom. The lowest BCUT2D eigenvalue weighted by Crippen LogP contribution is -2.24. The Hall–Kier alpha value is -2.65. The second kappa shape index (κ2) is 9.46.